The highest BCUT2D eigenvalue weighted by atomic mass is 35.5. The maximum atomic E-state index is 13.1. The highest BCUT2D eigenvalue weighted by Crippen LogP contribution is 2.26. The van der Waals surface area contributed by atoms with Crippen molar-refractivity contribution < 1.29 is 9.18 Å². The van der Waals surface area contributed by atoms with Gasteiger partial charge in [-0.05, 0) is 56.2 Å². The standard InChI is InChI=1S/C22H35FN4O.ClH/c1-27(22(28)17-6-5-7-19(24)14-17)13-4-2-3-8-20-15-21(26-25-20)16-9-11-18(23)12-10-16;/h9-12,17,19-21,25-26H,2-8,13-15,24H2,1H3;1H. The second-order valence-corrected chi connectivity index (χ2v) is 8.56. The summed E-state index contributed by atoms with van der Waals surface area (Å²) >= 11 is 0. The van der Waals surface area contributed by atoms with Crippen LogP contribution in [0.3, 0.4) is 0 Å². The minimum atomic E-state index is -0.193. The summed E-state index contributed by atoms with van der Waals surface area (Å²) in [5, 5.41) is 0. The molecular weight excluding hydrogens is 391 g/mol. The highest BCUT2D eigenvalue weighted by molar-refractivity contribution is 5.85. The number of hydrazine groups is 1. The molecule has 4 N–H and O–H groups in total. The summed E-state index contributed by atoms with van der Waals surface area (Å²) in [4.78, 5) is 14.4. The van der Waals surface area contributed by atoms with Gasteiger partial charge >= 0.3 is 0 Å². The van der Waals surface area contributed by atoms with Crippen LogP contribution in [0.25, 0.3) is 0 Å². The number of nitrogens with one attached hydrogen (secondary N) is 2. The molecule has 1 aliphatic heterocycles. The van der Waals surface area contributed by atoms with Crippen LogP contribution in [0.4, 0.5) is 4.39 Å². The third-order valence-corrected chi connectivity index (χ3v) is 6.24. The Bertz CT molecular complexity index is 630. The first-order valence-electron chi connectivity index (χ1n) is 10.8. The molecule has 1 aromatic rings. The Morgan fingerprint density at radius 3 is 2.62 bits per heavy atom. The molecule has 2 fully saturated rings. The Hall–Kier alpha value is -1.21. The normalized spacial score (nSPS) is 26.7. The average Bonchev–Trinajstić information content (AvgIpc) is 3.16. The molecule has 164 valence electrons. The van der Waals surface area contributed by atoms with E-state index >= 15 is 0 Å². The van der Waals surface area contributed by atoms with Gasteiger partial charge in [-0.1, -0.05) is 31.4 Å². The van der Waals surface area contributed by atoms with E-state index in [2.05, 4.69) is 10.9 Å². The molecule has 1 amide bonds. The Balaban J connectivity index is 0.00000300. The molecular formula is C22H36ClFN4O. The van der Waals surface area contributed by atoms with Crippen molar-refractivity contribution in [3.8, 4) is 0 Å². The minimum Gasteiger partial charge on any atom is -0.346 e. The maximum absolute atomic E-state index is 13.1. The van der Waals surface area contributed by atoms with Crippen molar-refractivity contribution in [3.63, 3.8) is 0 Å². The summed E-state index contributed by atoms with van der Waals surface area (Å²) < 4.78 is 13.1. The lowest BCUT2D eigenvalue weighted by molar-refractivity contribution is -0.135. The summed E-state index contributed by atoms with van der Waals surface area (Å²) in [5.41, 5.74) is 13.8. The van der Waals surface area contributed by atoms with Crippen LogP contribution >= 0.6 is 12.4 Å². The zero-order valence-electron chi connectivity index (χ0n) is 17.4. The monoisotopic (exact) mass is 426 g/mol. The van der Waals surface area contributed by atoms with Crippen LogP contribution in [0.1, 0.15) is 69.4 Å². The van der Waals surface area contributed by atoms with E-state index in [0.717, 1.165) is 69.9 Å². The van der Waals surface area contributed by atoms with E-state index in [1.165, 1.54) is 12.1 Å². The fourth-order valence-electron chi connectivity index (χ4n) is 4.52. The number of benzene rings is 1. The van der Waals surface area contributed by atoms with Crippen LogP contribution < -0.4 is 16.6 Å². The number of hydrogen-bond donors (Lipinski definition) is 3. The Morgan fingerprint density at radius 2 is 1.90 bits per heavy atom. The van der Waals surface area contributed by atoms with Gasteiger partial charge in [-0.3, -0.25) is 15.6 Å². The molecule has 29 heavy (non-hydrogen) atoms. The summed E-state index contributed by atoms with van der Waals surface area (Å²) in [7, 11) is 1.93. The lowest BCUT2D eigenvalue weighted by Gasteiger charge is -2.29. The molecule has 0 aromatic heterocycles. The third kappa shape index (κ3) is 7.21. The fourth-order valence-corrected chi connectivity index (χ4v) is 4.52. The second-order valence-electron chi connectivity index (χ2n) is 8.56. The minimum absolute atomic E-state index is 0. The summed E-state index contributed by atoms with van der Waals surface area (Å²) in [6.45, 7) is 0.832. The van der Waals surface area contributed by atoms with Crippen LogP contribution in [0.15, 0.2) is 24.3 Å². The molecule has 5 nitrogen and oxygen atoms in total. The second kappa shape index (κ2) is 11.8. The number of halogens is 2. The number of carbonyl (C=O) groups is 1. The molecule has 0 bridgehead atoms. The molecule has 4 unspecified atom stereocenters. The fraction of sp³-hybridized carbons (Fsp3) is 0.682. The first-order chi connectivity index (χ1) is 13.5. The van der Waals surface area contributed by atoms with Gasteiger partial charge in [-0.15, -0.1) is 12.4 Å². The van der Waals surface area contributed by atoms with E-state index < -0.39 is 0 Å². The molecule has 2 aliphatic rings. The smallest absolute Gasteiger partial charge is 0.225 e. The van der Waals surface area contributed by atoms with Crippen molar-refractivity contribution in [1.29, 1.82) is 0 Å². The van der Waals surface area contributed by atoms with Gasteiger partial charge < -0.3 is 10.6 Å². The predicted molar refractivity (Wildman–Crippen MR) is 117 cm³/mol. The zero-order chi connectivity index (χ0) is 19.9. The van der Waals surface area contributed by atoms with E-state index in [1.54, 1.807) is 0 Å². The average molecular weight is 427 g/mol. The van der Waals surface area contributed by atoms with Gasteiger partial charge in [-0.2, -0.15) is 0 Å². The Morgan fingerprint density at radius 1 is 1.14 bits per heavy atom. The summed E-state index contributed by atoms with van der Waals surface area (Å²) in [6.07, 6.45) is 9.42. The van der Waals surface area contributed by atoms with Gasteiger partial charge in [0, 0.05) is 37.6 Å². The molecule has 1 saturated carbocycles. The first kappa shape index (κ1) is 24.1. The number of hydrogen-bond acceptors (Lipinski definition) is 4. The van der Waals surface area contributed by atoms with Crippen LogP contribution in [0.5, 0.6) is 0 Å². The molecule has 0 radical (unpaired) electrons. The lowest BCUT2D eigenvalue weighted by atomic mass is 9.85. The molecule has 0 spiro atoms. The van der Waals surface area contributed by atoms with Crippen molar-refractivity contribution >= 4 is 18.3 Å². The Kier molecular flexibility index (Phi) is 9.83. The van der Waals surface area contributed by atoms with Crippen molar-refractivity contribution in [2.24, 2.45) is 11.7 Å². The number of nitrogens with zero attached hydrogens (tertiary/aromatic N) is 1. The number of rotatable bonds is 8. The molecule has 1 heterocycles. The summed E-state index contributed by atoms with van der Waals surface area (Å²) in [6, 6.07) is 7.62. The lowest BCUT2D eigenvalue weighted by Crippen LogP contribution is -2.39. The van der Waals surface area contributed by atoms with Gasteiger partial charge in [0.25, 0.3) is 0 Å². The number of nitrogens with two attached hydrogens (primary N) is 1. The number of carbonyl (C=O) groups excluding carboxylic acids is 1. The summed E-state index contributed by atoms with van der Waals surface area (Å²) in [5.74, 6) is 0.214. The van der Waals surface area contributed by atoms with Gasteiger partial charge in [0.2, 0.25) is 5.91 Å². The molecule has 7 heteroatoms. The number of amides is 1. The topological polar surface area (TPSA) is 70.4 Å². The zero-order valence-corrected chi connectivity index (χ0v) is 18.2. The van der Waals surface area contributed by atoms with Crippen molar-refractivity contribution in [3.05, 3.63) is 35.6 Å². The van der Waals surface area contributed by atoms with E-state index in [0.29, 0.717) is 6.04 Å². The molecule has 1 saturated heterocycles. The predicted octanol–water partition coefficient (Wildman–Crippen LogP) is 3.69. The molecule has 1 aliphatic carbocycles. The van der Waals surface area contributed by atoms with Crippen molar-refractivity contribution in [2.45, 2.75) is 75.9 Å². The van der Waals surface area contributed by atoms with Crippen molar-refractivity contribution in [2.75, 3.05) is 13.6 Å². The van der Waals surface area contributed by atoms with E-state index in [9.17, 15) is 9.18 Å². The molecule has 3 rings (SSSR count). The van der Waals surface area contributed by atoms with Crippen LogP contribution in [0.2, 0.25) is 0 Å². The van der Waals surface area contributed by atoms with Gasteiger partial charge in [0.05, 0.1) is 0 Å². The molecule has 1 aromatic carbocycles. The highest BCUT2D eigenvalue weighted by Gasteiger charge is 2.27. The maximum Gasteiger partial charge on any atom is 0.225 e. The number of unbranched alkanes of at least 4 members (excludes halogenated alkanes) is 2. The van der Waals surface area contributed by atoms with Crippen LogP contribution in [0, 0.1) is 11.7 Å². The SMILES string of the molecule is CN(CCCCCC1CC(c2ccc(F)cc2)NN1)C(=O)C1CCCC(N)C1.Cl. The van der Waals surface area contributed by atoms with Gasteiger partial charge in [0.1, 0.15) is 5.82 Å². The van der Waals surface area contributed by atoms with E-state index in [-0.39, 0.29) is 42.1 Å². The quantitative estimate of drug-likeness (QED) is 0.554. The van der Waals surface area contributed by atoms with E-state index in [1.807, 2.05) is 24.1 Å². The van der Waals surface area contributed by atoms with E-state index in [4.69, 9.17) is 5.73 Å². The first-order valence-corrected chi connectivity index (χ1v) is 10.8. The van der Waals surface area contributed by atoms with Crippen LogP contribution in [-0.2, 0) is 4.79 Å². The van der Waals surface area contributed by atoms with Crippen molar-refractivity contribution in [1.82, 2.24) is 15.8 Å². The van der Waals surface area contributed by atoms with Gasteiger partial charge in [0.15, 0.2) is 0 Å². The van der Waals surface area contributed by atoms with Crippen LogP contribution in [-0.4, -0.2) is 36.5 Å². The largest absolute Gasteiger partial charge is 0.346 e. The third-order valence-electron chi connectivity index (χ3n) is 6.24. The van der Waals surface area contributed by atoms with Gasteiger partial charge in [-0.25, -0.2) is 4.39 Å². The molecule has 4 atom stereocenters. The Labute approximate surface area is 180 Å².